The third-order valence-corrected chi connectivity index (χ3v) is 7.99. The van der Waals surface area contributed by atoms with Gasteiger partial charge in [-0.05, 0) is 86.6 Å². The van der Waals surface area contributed by atoms with Crippen molar-refractivity contribution >= 4 is 37.6 Å². The summed E-state index contributed by atoms with van der Waals surface area (Å²) in [5, 5.41) is 5.10. The predicted octanol–water partition coefficient (Wildman–Crippen LogP) is 5.66. The van der Waals surface area contributed by atoms with E-state index in [1.165, 1.54) is 84.9 Å². The number of nitrogens with one attached hydrogen (secondary N) is 2. The van der Waals surface area contributed by atoms with Gasteiger partial charge in [0.25, 0.3) is 0 Å². The van der Waals surface area contributed by atoms with Gasteiger partial charge in [-0.2, -0.15) is 16.8 Å². The molecule has 2 N–H and O–H groups in total. The second-order valence-electron chi connectivity index (χ2n) is 8.49. The Balaban J connectivity index is 1.43. The van der Waals surface area contributed by atoms with E-state index in [9.17, 15) is 21.6 Å². The first-order valence-corrected chi connectivity index (χ1v) is 15.5. The molecule has 0 saturated heterocycles. The van der Waals surface area contributed by atoms with E-state index in [0.717, 1.165) is 0 Å². The van der Waals surface area contributed by atoms with Crippen LogP contribution in [0.3, 0.4) is 0 Å². The number of ether oxygens (including phenoxy) is 2. The maximum Gasteiger partial charge on any atom is 0.339 e. The molecule has 42 heavy (non-hydrogen) atoms. The van der Waals surface area contributed by atoms with Gasteiger partial charge in [0.05, 0.1) is 18.9 Å². The molecule has 0 bridgehead atoms. The van der Waals surface area contributed by atoms with Gasteiger partial charge >= 0.3 is 26.3 Å². The predicted molar refractivity (Wildman–Crippen MR) is 156 cm³/mol. The highest BCUT2D eigenvalue weighted by molar-refractivity contribution is 7.87. The summed E-state index contributed by atoms with van der Waals surface area (Å²) in [7, 11) is -8.38. The molecule has 13 heteroatoms. The number of carbonyl (C=O) groups is 1. The van der Waals surface area contributed by atoms with E-state index >= 15 is 0 Å². The average Bonchev–Trinajstić information content (AvgIpc) is 2.95. The van der Waals surface area contributed by atoms with Crippen LogP contribution in [0.4, 0.5) is 16.2 Å². The van der Waals surface area contributed by atoms with Crippen LogP contribution in [0.5, 0.6) is 23.0 Å². The van der Waals surface area contributed by atoms with Crippen LogP contribution in [0, 0.1) is 0 Å². The minimum Gasteiger partial charge on any atom is -0.494 e. The van der Waals surface area contributed by atoms with Crippen molar-refractivity contribution in [2.24, 2.45) is 0 Å². The minimum absolute atomic E-state index is 0.0353. The van der Waals surface area contributed by atoms with Crippen molar-refractivity contribution in [1.82, 2.24) is 0 Å². The second kappa shape index (κ2) is 13.3. The number of hydrogen-bond acceptors (Lipinski definition) is 9. The third kappa shape index (κ3) is 7.92. The number of urea groups is 1. The number of anilines is 2. The molecule has 0 spiro atoms. The Morgan fingerprint density at radius 2 is 1.17 bits per heavy atom. The lowest BCUT2D eigenvalue weighted by molar-refractivity contribution is 0.262. The molecule has 0 aliphatic carbocycles. The highest BCUT2D eigenvalue weighted by Gasteiger charge is 2.20. The normalized spacial score (nSPS) is 11.3. The molecule has 0 saturated carbocycles. The van der Waals surface area contributed by atoms with Crippen LogP contribution in [-0.2, 0) is 20.2 Å². The molecule has 0 aliphatic rings. The van der Waals surface area contributed by atoms with E-state index in [0.29, 0.717) is 24.7 Å². The molecular formula is C29H28N2O9S2. The Morgan fingerprint density at radius 1 is 0.619 bits per heavy atom. The fraction of sp³-hybridized carbons (Fsp3) is 0.138. The van der Waals surface area contributed by atoms with Gasteiger partial charge in [-0.15, -0.1) is 0 Å². The Bertz CT molecular complexity index is 1740. The summed E-state index contributed by atoms with van der Waals surface area (Å²) in [6.45, 7) is 4.51. The molecular weight excluding hydrogens is 584 g/mol. The highest BCUT2D eigenvalue weighted by atomic mass is 32.2. The van der Waals surface area contributed by atoms with E-state index < -0.39 is 26.3 Å². The van der Waals surface area contributed by atoms with Gasteiger partial charge in [-0.1, -0.05) is 18.2 Å². The van der Waals surface area contributed by atoms with Gasteiger partial charge in [-0.25, -0.2) is 4.79 Å². The van der Waals surface area contributed by atoms with Crippen LogP contribution in [-0.4, -0.2) is 36.1 Å². The summed E-state index contributed by atoms with van der Waals surface area (Å²) >= 11 is 0. The van der Waals surface area contributed by atoms with Crippen LogP contribution in [0.1, 0.15) is 13.8 Å². The molecule has 0 aromatic heterocycles. The maximum absolute atomic E-state index is 12.8. The zero-order chi connectivity index (χ0) is 30.2. The maximum atomic E-state index is 12.8. The zero-order valence-corrected chi connectivity index (χ0v) is 24.3. The van der Waals surface area contributed by atoms with Crippen molar-refractivity contribution in [1.29, 1.82) is 0 Å². The van der Waals surface area contributed by atoms with Crippen LogP contribution in [0.2, 0.25) is 0 Å². The third-order valence-electron chi connectivity index (χ3n) is 5.48. The fourth-order valence-corrected chi connectivity index (χ4v) is 5.50. The van der Waals surface area contributed by atoms with Crippen LogP contribution in [0.25, 0.3) is 0 Å². The SMILES string of the molecule is CCOc1ccc(S(=O)(=O)Oc2cccc(NC(=O)Nc3ccccc3OS(=O)(=O)c3ccc(OCC)cc3)c2)cc1. The van der Waals surface area contributed by atoms with Crippen molar-refractivity contribution in [3.05, 3.63) is 97.1 Å². The molecule has 220 valence electrons. The quantitative estimate of drug-likeness (QED) is 0.193. The topological polar surface area (TPSA) is 146 Å². The van der Waals surface area contributed by atoms with Gasteiger partial charge in [0, 0.05) is 11.8 Å². The smallest absolute Gasteiger partial charge is 0.339 e. The van der Waals surface area contributed by atoms with E-state index in [-0.39, 0.29) is 32.7 Å². The Kier molecular flexibility index (Phi) is 9.55. The molecule has 0 atom stereocenters. The van der Waals surface area contributed by atoms with Crippen molar-refractivity contribution in [3.63, 3.8) is 0 Å². The number of benzene rings is 4. The number of carbonyl (C=O) groups excluding carboxylic acids is 1. The molecule has 2 amide bonds. The monoisotopic (exact) mass is 612 g/mol. The van der Waals surface area contributed by atoms with E-state index in [1.807, 2.05) is 13.8 Å². The minimum atomic E-state index is -4.22. The van der Waals surface area contributed by atoms with Gasteiger partial charge in [0.2, 0.25) is 0 Å². The lowest BCUT2D eigenvalue weighted by Crippen LogP contribution is -2.20. The van der Waals surface area contributed by atoms with Crippen molar-refractivity contribution in [2.45, 2.75) is 23.6 Å². The first-order chi connectivity index (χ1) is 20.1. The fourth-order valence-electron chi connectivity index (χ4n) is 3.63. The lowest BCUT2D eigenvalue weighted by atomic mass is 10.3. The van der Waals surface area contributed by atoms with Gasteiger partial charge < -0.3 is 28.5 Å². The molecule has 0 fully saturated rings. The van der Waals surface area contributed by atoms with Crippen LogP contribution < -0.4 is 28.5 Å². The van der Waals surface area contributed by atoms with Gasteiger partial charge in [0.1, 0.15) is 27.0 Å². The molecule has 11 nitrogen and oxygen atoms in total. The zero-order valence-electron chi connectivity index (χ0n) is 22.6. The second-order valence-corrected chi connectivity index (χ2v) is 11.6. The summed E-state index contributed by atoms with van der Waals surface area (Å²) in [6.07, 6.45) is 0. The van der Waals surface area contributed by atoms with E-state index in [1.54, 1.807) is 12.1 Å². The first-order valence-electron chi connectivity index (χ1n) is 12.7. The largest absolute Gasteiger partial charge is 0.494 e. The summed E-state index contributed by atoms with van der Waals surface area (Å²) in [5.41, 5.74) is 0.294. The lowest BCUT2D eigenvalue weighted by Gasteiger charge is -2.14. The van der Waals surface area contributed by atoms with Gasteiger partial charge in [0.15, 0.2) is 5.75 Å². The Hall–Kier alpha value is -4.75. The first kappa shape index (κ1) is 30.2. The van der Waals surface area contributed by atoms with E-state index in [2.05, 4.69) is 10.6 Å². The summed E-state index contributed by atoms with van der Waals surface area (Å²) in [6, 6.07) is 22.5. The molecule has 4 aromatic rings. The molecule has 0 radical (unpaired) electrons. The number of hydrogen-bond donors (Lipinski definition) is 2. The summed E-state index contributed by atoms with van der Waals surface area (Å²) in [5.74, 6) is 0.889. The van der Waals surface area contributed by atoms with Crippen LogP contribution >= 0.6 is 0 Å². The highest BCUT2D eigenvalue weighted by Crippen LogP contribution is 2.29. The van der Waals surface area contributed by atoms with E-state index in [4.69, 9.17) is 17.8 Å². The van der Waals surface area contributed by atoms with Crippen molar-refractivity contribution < 1.29 is 39.5 Å². The van der Waals surface area contributed by atoms with Crippen molar-refractivity contribution in [2.75, 3.05) is 23.8 Å². The standard InChI is InChI=1S/C29H28N2O9S2/c1-3-37-22-12-16-25(17-13-22)41(33,34)39-24-9-7-8-21(20-24)30-29(32)31-27-10-5-6-11-28(27)40-42(35,36)26-18-14-23(15-19-26)38-4-2/h5-20H,3-4H2,1-2H3,(H2,30,31,32). The van der Waals surface area contributed by atoms with Gasteiger partial charge in [-0.3, -0.25) is 0 Å². The molecule has 4 rings (SSSR count). The Morgan fingerprint density at radius 3 is 1.74 bits per heavy atom. The molecule has 0 heterocycles. The molecule has 0 unspecified atom stereocenters. The molecule has 4 aromatic carbocycles. The number of rotatable bonds is 12. The summed E-state index contributed by atoms with van der Waals surface area (Å²) < 4.78 is 72.3. The average molecular weight is 613 g/mol. The molecule has 0 aliphatic heterocycles. The Labute approximate surface area is 244 Å². The summed E-state index contributed by atoms with van der Waals surface area (Å²) in [4.78, 5) is 12.6. The van der Waals surface area contributed by atoms with Crippen LogP contribution in [0.15, 0.2) is 107 Å². The number of amides is 2. The van der Waals surface area contributed by atoms with Crippen molar-refractivity contribution in [3.8, 4) is 23.0 Å². The number of para-hydroxylation sites is 2.